The van der Waals surface area contributed by atoms with Gasteiger partial charge in [-0.3, -0.25) is 4.98 Å². The van der Waals surface area contributed by atoms with Crippen molar-refractivity contribution in [2.45, 2.75) is 38.3 Å². The second-order valence-electron chi connectivity index (χ2n) is 4.20. The third-order valence-corrected chi connectivity index (χ3v) is 3.10. The maximum Gasteiger partial charge on any atom is 0.0591 e. The number of anilines is 1. The second-order valence-corrected chi connectivity index (χ2v) is 4.20. The summed E-state index contributed by atoms with van der Waals surface area (Å²) < 4.78 is 5.36. The van der Waals surface area contributed by atoms with Gasteiger partial charge in [0.25, 0.3) is 0 Å². The van der Waals surface area contributed by atoms with Gasteiger partial charge < -0.3 is 10.1 Å². The molecule has 1 aliphatic rings. The highest BCUT2D eigenvalue weighted by Crippen LogP contribution is 2.25. The van der Waals surface area contributed by atoms with E-state index in [-0.39, 0.29) is 0 Å². The van der Waals surface area contributed by atoms with Crippen LogP contribution in [0.4, 0.5) is 5.69 Å². The molecule has 0 aliphatic heterocycles. The first-order valence-electron chi connectivity index (χ1n) is 5.49. The topological polar surface area (TPSA) is 34.1 Å². The molecule has 0 saturated heterocycles. The minimum absolute atomic E-state index is 0.435. The zero-order valence-corrected chi connectivity index (χ0v) is 9.36. The molecule has 1 aromatic rings. The second kappa shape index (κ2) is 4.62. The average molecular weight is 206 g/mol. The number of aryl methyl sites for hydroxylation is 1. The fourth-order valence-electron chi connectivity index (χ4n) is 2.14. The Hall–Kier alpha value is -1.09. The van der Waals surface area contributed by atoms with Crippen LogP contribution in [0.15, 0.2) is 18.5 Å². The predicted molar refractivity (Wildman–Crippen MR) is 61.0 cm³/mol. The van der Waals surface area contributed by atoms with Crippen molar-refractivity contribution in [3.63, 3.8) is 0 Å². The Bertz CT molecular complexity index is 327. The van der Waals surface area contributed by atoms with Gasteiger partial charge in [0.05, 0.1) is 6.10 Å². The van der Waals surface area contributed by atoms with Crippen molar-refractivity contribution in [2.24, 2.45) is 0 Å². The van der Waals surface area contributed by atoms with E-state index in [1.807, 2.05) is 18.5 Å². The van der Waals surface area contributed by atoms with E-state index < -0.39 is 0 Å². The minimum Gasteiger partial charge on any atom is -0.382 e. The SMILES string of the molecule is COC1CCC(Nc2ccncc2C)C1. The molecule has 82 valence electrons. The van der Waals surface area contributed by atoms with Gasteiger partial charge in [-0.05, 0) is 37.8 Å². The van der Waals surface area contributed by atoms with Gasteiger partial charge in [0, 0.05) is 31.2 Å². The molecule has 1 fully saturated rings. The molecule has 1 aliphatic carbocycles. The number of methoxy groups -OCH3 is 1. The van der Waals surface area contributed by atoms with Gasteiger partial charge in [-0.2, -0.15) is 0 Å². The molecule has 3 heteroatoms. The number of hydrogen-bond donors (Lipinski definition) is 1. The minimum atomic E-state index is 0.435. The molecule has 0 aromatic carbocycles. The maximum atomic E-state index is 5.36. The Balaban J connectivity index is 1.96. The van der Waals surface area contributed by atoms with E-state index in [9.17, 15) is 0 Å². The Morgan fingerprint density at radius 3 is 3.00 bits per heavy atom. The van der Waals surface area contributed by atoms with Crippen LogP contribution in [0.25, 0.3) is 0 Å². The van der Waals surface area contributed by atoms with E-state index in [1.54, 1.807) is 7.11 Å². The highest BCUT2D eigenvalue weighted by Gasteiger charge is 2.24. The first-order valence-corrected chi connectivity index (χ1v) is 5.49. The van der Waals surface area contributed by atoms with Gasteiger partial charge in [0.15, 0.2) is 0 Å². The molecule has 15 heavy (non-hydrogen) atoms. The lowest BCUT2D eigenvalue weighted by molar-refractivity contribution is 0.108. The van der Waals surface area contributed by atoms with E-state index >= 15 is 0 Å². The van der Waals surface area contributed by atoms with Crippen molar-refractivity contribution in [1.82, 2.24) is 4.98 Å². The molecular formula is C12H18N2O. The van der Waals surface area contributed by atoms with Crippen LogP contribution in [0, 0.1) is 6.92 Å². The van der Waals surface area contributed by atoms with Crippen LogP contribution in [0.5, 0.6) is 0 Å². The van der Waals surface area contributed by atoms with E-state index in [2.05, 4.69) is 17.2 Å². The first kappa shape index (κ1) is 10.4. The molecule has 2 unspecified atom stereocenters. The van der Waals surface area contributed by atoms with Crippen molar-refractivity contribution in [3.8, 4) is 0 Å². The first-order chi connectivity index (χ1) is 7.29. The van der Waals surface area contributed by atoms with Crippen molar-refractivity contribution in [1.29, 1.82) is 0 Å². The molecule has 1 aromatic heterocycles. The van der Waals surface area contributed by atoms with Crippen molar-refractivity contribution in [2.75, 3.05) is 12.4 Å². The lowest BCUT2D eigenvalue weighted by atomic mass is 10.2. The summed E-state index contributed by atoms with van der Waals surface area (Å²) in [5, 5.41) is 3.55. The van der Waals surface area contributed by atoms with Gasteiger partial charge in [-0.15, -0.1) is 0 Å². The molecule has 0 spiro atoms. The highest BCUT2D eigenvalue weighted by atomic mass is 16.5. The molecule has 1 heterocycles. The quantitative estimate of drug-likeness (QED) is 0.824. The fraction of sp³-hybridized carbons (Fsp3) is 0.583. The molecule has 1 N–H and O–H groups in total. The lowest BCUT2D eigenvalue weighted by Gasteiger charge is -2.15. The summed E-state index contributed by atoms with van der Waals surface area (Å²) in [5.41, 5.74) is 2.41. The van der Waals surface area contributed by atoms with Crippen molar-refractivity contribution < 1.29 is 4.74 Å². The van der Waals surface area contributed by atoms with E-state index in [0.29, 0.717) is 12.1 Å². The number of pyridine rings is 1. The van der Waals surface area contributed by atoms with Crippen LogP contribution in [0.1, 0.15) is 24.8 Å². The average Bonchev–Trinajstić information content (AvgIpc) is 2.69. The summed E-state index contributed by atoms with van der Waals surface area (Å²) in [7, 11) is 1.80. The van der Waals surface area contributed by atoms with Crippen LogP contribution in [-0.2, 0) is 4.74 Å². The largest absolute Gasteiger partial charge is 0.382 e. The lowest BCUT2D eigenvalue weighted by Crippen LogP contribution is -2.17. The third-order valence-electron chi connectivity index (χ3n) is 3.10. The molecule has 0 bridgehead atoms. The van der Waals surface area contributed by atoms with E-state index in [0.717, 1.165) is 12.8 Å². The van der Waals surface area contributed by atoms with Gasteiger partial charge >= 0.3 is 0 Å². The van der Waals surface area contributed by atoms with Crippen LogP contribution in [0.3, 0.4) is 0 Å². The summed E-state index contributed by atoms with van der Waals surface area (Å²) in [6.45, 7) is 2.08. The van der Waals surface area contributed by atoms with Crippen LogP contribution >= 0.6 is 0 Å². The number of nitrogens with zero attached hydrogens (tertiary/aromatic N) is 1. The summed E-state index contributed by atoms with van der Waals surface area (Å²) in [6.07, 6.45) is 7.63. The van der Waals surface area contributed by atoms with Crippen LogP contribution in [0.2, 0.25) is 0 Å². The zero-order chi connectivity index (χ0) is 10.7. The Morgan fingerprint density at radius 1 is 1.47 bits per heavy atom. The third kappa shape index (κ3) is 2.48. The zero-order valence-electron chi connectivity index (χ0n) is 9.36. The molecule has 2 atom stereocenters. The van der Waals surface area contributed by atoms with Gasteiger partial charge in [-0.25, -0.2) is 0 Å². The monoisotopic (exact) mass is 206 g/mol. The summed E-state index contributed by atoms with van der Waals surface area (Å²) in [4.78, 5) is 4.09. The Morgan fingerprint density at radius 2 is 2.33 bits per heavy atom. The molecule has 0 radical (unpaired) electrons. The summed E-state index contributed by atoms with van der Waals surface area (Å²) in [6, 6.07) is 2.59. The Kier molecular flexibility index (Phi) is 3.21. The molecule has 2 rings (SSSR count). The molecule has 3 nitrogen and oxygen atoms in total. The molecule has 0 amide bonds. The Labute approximate surface area is 90.9 Å². The maximum absolute atomic E-state index is 5.36. The van der Waals surface area contributed by atoms with Crippen molar-refractivity contribution >= 4 is 5.69 Å². The van der Waals surface area contributed by atoms with Gasteiger partial charge in [0.1, 0.15) is 0 Å². The predicted octanol–water partition coefficient (Wildman–Crippen LogP) is 2.37. The van der Waals surface area contributed by atoms with E-state index in [1.165, 1.54) is 17.7 Å². The number of hydrogen-bond acceptors (Lipinski definition) is 3. The number of aromatic nitrogens is 1. The number of nitrogens with one attached hydrogen (secondary N) is 1. The van der Waals surface area contributed by atoms with Gasteiger partial charge in [0.2, 0.25) is 0 Å². The molecular weight excluding hydrogens is 188 g/mol. The summed E-state index contributed by atoms with van der Waals surface area (Å²) in [5.74, 6) is 0. The van der Waals surface area contributed by atoms with Crippen LogP contribution in [-0.4, -0.2) is 24.2 Å². The smallest absolute Gasteiger partial charge is 0.0591 e. The number of rotatable bonds is 3. The van der Waals surface area contributed by atoms with Crippen LogP contribution < -0.4 is 5.32 Å². The standard InChI is InChI=1S/C12H18N2O/c1-9-8-13-6-5-12(9)14-10-3-4-11(7-10)15-2/h5-6,8,10-11H,3-4,7H2,1-2H3,(H,13,14). The highest BCUT2D eigenvalue weighted by molar-refractivity contribution is 5.49. The van der Waals surface area contributed by atoms with Gasteiger partial charge in [-0.1, -0.05) is 0 Å². The summed E-state index contributed by atoms with van der Waals surface area (Å²) >= 11 is 0. The van der Waals surface area contributed by atoms with E-state index in [4.69, 9.17) is 4.74 Å². The van der Waals surface area contributed by atoms with Crippen molar-refractivity contribution in [3.05, 3.63) is 24.0 Å². The number of ether oxygens (including phenoxy) is 1. The fourth-order valence-corrected chi connectivity index (χ4v) is 2.14. The normalized spacial score (nSPS) is 25.5. The molecule has 1 saturated carbocycles.